The zero-order chi connectivity index (χ0) is 17.9. The molecular formula is C18H29NO4S. The van der Waals surface area contributed by atoms with Crippen molar-refractivity contribution in [2.75, 3.05) is 12.9 Å². The molecule has 1 heterocycles. The zero-order valence-corrected chi connectivity index (χ0v) is 16.1. The third-order valence-corrected chi connectivity index (χ3v) is 9.08. The van der Waals surface area contributed by atoms with E-state index in [2.05, 4.69) is 13.8 Å². The number of fused-ring (bicyclic) bond motifs is 1. The van der Waals surface area contributed by atoms with Gasteiger partial charge in [0.25, 0.3) is 0 Å². The van der Waals surface area contributed by atoms with Crippen LogP contribution in [0.2, 0.25) is 0 Å². The van der Waals surface area contributed by atoms with E-state index in [-0.39, 0.29) is 28.5 Å². The summed E-state index contributed by atoms with van der Waals surface area (Å²) in [6, 6.07) is -0.172. The standard InChI is InChI=1S/C18H29NO4S/c1-6-7-14(23-5)12(2)16(20)19-15-10-13-8-9-18(15,17(13,3)4)11-24(19,21)22/h6-7,12-15H,8-11H2,1-5H3/t12-,13?,14-,15+,18+/m1/s1. The molecule has 3 rings (SSSR count). The van der Waals surface area contributed by atoms with Gasteiger partial charge in [-0.05, 0) is 37.5 Å². The highest BCUT2D eigenvalue weighted by Crippen LogP contribution is 2.70. The molecule has 1 spiro atoms. The fourth-order valence-electron chi connectivity index (χ4n) is 5.56. The van der Waals surface area contributed by atoms with Crippen molar-refractivity contribution in [2.24, 2.45) is 22.7 Å². The normalized spacial score (nSPS) is 38.5. The first kappa shape index (κ1) is 17.9. The molecule has 5 atom stereocenters. The number of amides is 1. The Morgan fingerprint density at radius 1 is 1.38 bits per heavy atom. The minimum atomic E-state index is -3.56. The SMILES string of the molecule is CC=C[C@@H](OC)[C@@H](C)C(=O)N1[C@H]2CC3CC[C@@]2(CS1(=O)=O)C3(C)C. The fourth-order valence-corrected chi connectivity index (χ4v) is 8.17. The summed E-state index contributed by atoms with van der Waals surface area (Å²) in [6.07, 6.45) is 6.04. The van der Waals surface area contributed by atoms with E-state index in [1.807, 2.05) is 19.1 Å². The number of nitrogens with zero attached hydrogens (tertiary/aromatic N) is 1. The van der Waals surface area contributed by atoms with Crippen LogP contribution in [-0.2, 0) is 19.6 Å². The lowest BCUT2D eigenvalue weighted by atomic mass is 9.69. The first-order valence-corrected chi connectivity index (χ1v) is 10.4. The van der Waals surface area contributed by atoms with E-state index in [4.69, 9.17) is 4.74 Å². The fraction of sp³-hybridized carbons (Fsp3) is 0.833. The van der Waals surface area contributed by atoms with Crippen LogP contribution < -0.4 is 0 Å². The summed E-state index contributed by atoms with van der Waals surface area (Å²) >= 11 is 0. The summed E-state index contributed by atoms with van der Waals surface area (Å²) in [5, 5.41) is 0. The summed E-state index contributed by atoms with van der Waals surface area (Å²) < 4.78 is 32.4. The van der Waals surface area contributed by atoms with Gasteiger partial charge in [-0.15, -0.1) is 0 Å². The molecule has 2 bridgehead atoms. The summed E-state index contributed by atoms with van der Waals surface area (Å²) in [7, 11) is -2.01. The van der Waals surface area contributed by atoms with Gasteiger partial charge in [-0.25, -0.2) is 12.7 Å². The lowest BCUT2D eigenvalue weighted by molar-refractivity contribution is -0.135. The van der Waals surface area contributed by atoms with Crippen LogP contribution in [0.1, 0.15) is 47.0 Å². The maximum Gasteiger partial charge on any atom is 0.242 e. The Labute approximate surface area is 145 Å². The van der Waals surface area contributed by atoms with Crippen LogP contribution in [0.4, 0.5) is 0 Å². The predicted molar refractivity (Wildman–Crippen MR) is 92.8 cm³/mol. The van der Waals surface area contributed by atoms with Gasteiger partial charge in [-0.3, -0.25) is 4.79 Å². The Kier molecular flexibility index (Phi) is 4.15. The average molecular weight is 356 g/mol. The zero-order valence-electron chi connectivity index (χ0n) is 15.3. The van der Waals surface area contributed by atoms with Crippen molar-refractivity contribution in [1.29, 1.82) is 0 Å². The number of rotatable bonds is 4. The van der Waals surface area contributed by atoms with E-state index in [1.54, 1.807) is 14.0 Å². The van der Waals surface area contributed by atoms with Crippen LogP contribution >= 0.6 is 0 Å². The Morgan fingerprint density at radius 2 is 2.04 bits per heavy atom. The number of allylic oxidation sites excluding steroid dienone is 1. The summed E-state index contributed by atoms with van der Waals surface area (Å²) in [6.45, 7) is 8.00. The molecule has 3 fully saturated rings. The van der Waals surface area contributed by atoms with Gasteiger partial charge in [0.1, 0.15) is 0 Å². The highest BCUT2D eigenvalue weighted by Gasteiger charge is 2.72. The van der Waals surface area contributed by atoms with Crippen LogP contribution in [0.25, 0.3) is 0 Å². The molecule has 1 saturated heterocycles. The van der Waals surface area contributed by atoms with Gasteiger partial charge < -0.3 is 4.74 Å². The molecule has 0 aromatic carbocycles. The number of hydrogen-bond donors (Lipinski definition) is 0. The number of methoxy groups -OCH3 is 1. The Balaban J connectivity index is 1.96. The minimum absolute atomic E-state index is 0.0208. The number of ether oxygens (including phenoxy) is 1. The topological polar surface area (TPSA) is 63.7 Å². The molecule has 24 heavy (non-hydrogen) atoms. The molecule has 1 amide bonds. The van der Waals surface area contributed by atoms with E-state index in [1.165, 1.54) is 4.31 Å². The van der Waals surface area contributed by atoms with E-state index < -0.39 is 22.0 Å². The van der Waals surface area contributed by atoms with Crippen molar-refractivity contribution < 1.29 is 17.9 Å². The smallest absolute Gasteiger partial charge is 0.242 e. The molecule has 0 radical (unpaired) electrons. The van der Waals surface area contributed by atoms with Crippen LogP contribution in [0.3, 0.4) is 0 Å². The van der Waals surface area contributed by atoms with Gasteiger partial charge in [-0.2, -0.15) is 0 Å². The molecule has 0 N–H and O–H groups in total. The summed E-state index contributed by atoms with van der Waals surface area (Å²) in [5.41, 5.74) is -0.290. The quantitative estimate of drug-likeness (QED) is 0.727. The third-order valence-electron chi connectivity index (χ3n) is 7.16. The Morgan fingerprint density at radius 3 is 2.58 bits per heavy atom. The maximum atomic E-state index is 13.1. The lowest BCUT2D eigenvalue weighted by Crippen LogP contribution is -2.47. The molecule has 6 heteroatoms. The molecule has 1 aliphatic heterocycles. The van der Waals surface area contributed by atoms with Crippen molar-refractivity contribution in [3.63, 3.8) is 0 Å². The molecule has 0 aromatic rings. The summed E-state index contributed by atoms with van der Waals surface area (Å²) in [5.74, 6) is -0.200. The average Bonchev–Trinajstić information content (AvgIpc) is 2.98. The van der Waals surface area contributed by atoms with Crippen molar-refractivity contribution >= 4 is 15.9 Å². The van der Waals surface area contributed by atoms with Gasteiger partial charge in [-0.1, -0.05) is 32.9 Å². The number of hydrogen-bond acceptors (Lipinski definition) is 4. The predicted octanol–water partition coefficient (Wildman–Crippen LogP) is 2.58. The first-order chi connectivity index (χ1) is 11.1. The van der Waals surface area contributed by atoms with Gasteiger partial charge in [0, 0.05) is 12.5 Å². The van der Waals surface area contributed by atoms with Crippen LogP contribution in [0.5, 0.6) is 0 Å². The second kappa shape index (κ2) is 5.56. The first-order valence-electron chi connectivity index (χ1n) is 8.84. The highest BCUT2D eigenvalue weighted by molar-refractivity contribution is 7.90. The molecular weight excluding hydrogens is 326 g/mol. The lowest BCUT2D eigenvalue weighted by Gasteiger charge is -2.37. The number of sulfonamides is 1. The highest BCUT2D eigenvalue weighted by atomic mass is 32.2. The number of carbonyl (C=O) groups excluding carboxylic acids is 1. The van der Waals surface area contributed by atoms with Gasteiger partial charge in [0.2, 0.25) is 15.9 Å². The van der Waals surface area contributed by atoms with E-state index in [0.717, 1.165) is 19.3 Å². The largest absolute Gasteiger partial charge is 0.377 e. The monoisotopic (exact) mass is 355 g/mol. The molecule has 5 nitrogen and oxygen atoms in total. The van der Waals surface area contributed by atoms with Crippen molar-refractivity contribution in [3.8, 4) is 0 Å². The maximum absolute atomic E-state index is 13.1. The van der Waals surface area contributed by atoms with Gasteiger partial charge in [0.05, 0.1) is 23.8 Å². The Bertz CT molecular complexity index is 669. The molecule has 2 aliphatic carbocycles. The van der Waals surface area contributed by atoms with Crippen molar-refractivity contribution in [3.05, 3.63) is 12.2 Å². The van der Waals surface area contributed by atoms with Gasteiger partial charge >= 0.3 is 0 Å². The van der Waals surface area contributed by atoms with Crippen LogP contribution in [-0.4, -0.2) is 43.6 Å². The van der Waals surface area contributed by atoms with Crippen molar-refractivity contribution in [1.82, 2.24) is 4.31 Å². The van der Waals surface area contributed by atoms with Crippen LogP contribution in [0, 0.1) is 22.7 Å². The Hall–Kier alpha value is -0.880. The summed E-state index contributed by atoms with van der Waals surface area (Å²) in [4.78, 5) is 13.1. The molecule has 0 aromatic heterocycles. The third kappa shape index (κ3) is 2.15. The molecule has 3 aliphatic rings. The molecule has 1 unspecified atom stereocenters. The second-order valence-electron chi connectivity index (χ2n) is 8.27. The molecule has 2 saturated carbocycles. The van der Waals surface area contributed by atoms with Crippen molar-refractivity contribution in [2.45, 2.75) is 59.1 Å². The van der Waals surface area contributed by atoms with Gasteiger partial charge in [0.15, 0.2) is 0 Å². The number of carbonyl (C=O) groups is 1. The second-order valence-corrected chi connectivity index (χ2v) is 10.1. The minimum Gasteiger partial charge on any atom is -0.377 e. The van der Waals surface area contributed by atoms with E-state index >= 15 is 0 Å². The van der Waals surface area contributed by atoms with Crippen LogP contribution in [0.15, 0.2) is 12.2 Å². The van der Waals surface area contributed by atoms with E-state index in [9.17, 15) is 13.2 Å². The van der Waals surface area contributed by atoms with E-state index in [0.29, 0.717) is 5.92 Å². The molecule has 136 valence electrons.